The summed E-state index contributed by atoms with van der Waals surface area (Å²) < 4.78 is 5.43. The van der Waals surface area contributed by atoms with Gasteiger partial charge in [0.05, 0.1) is 13.2 Å². The molecule has 146 valence electrons. The van der Waals surface area contributed by atoms with Crippen molar-refractivity contribution >= 4 is 5.91 Å². The highest BCUT2D eigenvalue weighted by molar-refractivity contribution is 5.95. The molecule has 4 saturated heterocycles. The summed E-state index contributed by atoms with van der Waals surface area (Å²) in [7, 11) is 1.68. The first-order valence-corrected chi connectivity index (χ1v) is 10.0. The quantitative estimate of drug-likeness (QED) is 0.888. The van der Waals surface area contributed by atoms with Gasteiger partial charge in [0.2, 0.25) is 0 Å². The molecule has 0 radical (unpaired) electrons. The largest absolute Gasteiger partial charge is 0.505 e. The number of likely N-dealkylation sites (tertiary alicyclic amines) is 1. The number of piperidine rings is 3. The van der Waals surface area contributed by atoms with Gasteiger partial charge in [-0.3, -0.25) is 9.69 Å². The van der Waals surface area contributed by atoms with E-state index in [-0.39, 0.29) is 29.3 Å². The van der Waals surface area contributed by atoms with Crippen LogP contribution in [0.15, 0.2) is 42.6 Å². The summed E-state index contributed by atoms with van der Waals surface area (Å²) in [6, 6.07) is 11.9. The van der Waals surface area contributed by atoms with Crippen LogP contribution in [0, 0.1) is 5.92 Å². The fourth-order valence-corrected chi connectivity index (χ4v) is 5.52. The predicted octanol–water partition coefficient (Wildman–Crippen LogP) is 2.50. The van der Waals surface area contributed by atoms with Gasteiger partial charge in [-0.2, -0.15) is 0 Å². The number of rotatable bonds is 3. The molecule has 1 aromatic heterocycles. The average molecular weight is 379 g/mol. The summed E-state index contributed by atoms with van der Waals surface area (Å²) in [5, 5.41) is 10.2. The maximum Gasteiger partial charge on any atom is 0.276 e. The number of nitrogens with zero attached hydrogens (tertiary/aromatic N) is 3. The van der Waals surface area contributed by atoms with E-state index in [9.17, 15) is 9.90 Å². The zero-order valence-electron chi connectivity index (χ0n) is 16.0. The lowest BCUT2D eigenvalue weighted by molar-refractivity contribution is -0.00367. The van der Waals surface area contributed by atoms with Crippen molar-refractivity contribution in [3.63, 3.8) is 0 Å². The number of carbonyl (C=O) groups is 1. The second-order valence-corrected chi connectivity index (χ2v) is 8.07. The molecule has 2 aromatic rings. The number of pyridine rings is 1. The van der Waals surface area contributed by atoms with E-state index in [2.05, 4.69) is 22.0 Å². The lowest BCUT2D eigenvalue weighted by Gasteiger charge is -2.51. The van der Waals surface area contributed by atoms with Crippen LogP contribution in [0.25, 0.3) is 0 Å². The Morgan fingerprint density at radius 1 is 1.18 bits per heavy atom. The van der Waals surface area contributed by atoms with Crippen molar-refractivity contribution in [3.05, 3.63) is 53.9 Å². The van der Waals surface area contributed by atoms with Gasteiger partial charge in [0.15, 0.2) is 5.69 Å². The summed E-state index contributed by atoms with van der Waals surface area (Å²) in [5.41, 5.74) is 1.37. The van der Waals surface area contributed by atoms with Gasteiger partial charge in [0.1, 0.15) is 11.5 Å². The fraction of sp³-hybridized carbons (Fsp3) is 0.455. The average Bonchev–Trinajstić information content (AvgIpc) is 3.17. The van der Waals surface area contributed by atoms with Crippen LogP contribution in [0.2, 0.25) is 0 Å². The number of amides is 1. The molecule has 3 unspecified atom stereocenters. The third-order valence-corrected chi connectivity index (χ3v) is 6.77. The maximum absolute atomic E-state index is 13.4. The molecular weight excluding hydrogens is 354 g/mol. The van der Waals surface area contributed by atoms with Crippen LogP contribution in [0.3, 0.4) is 0 Å². The van der Waals surface area contributed by atoms with E-state index < -0.39 is 0 Å². The molecule has 0 spiro atoms. The van der Waals surface area contributed by atoms with Crippen LogP contribution in [-0.2, 0) is 0 Å². The standard InChI is InChI=1S/C22H25N3O3/c1-28-16-5-2-4-15(12-16)17-13-25(22(27)19-18(26)6-3-9-23-19)20-14-7-10-24(11-8-14)21(17)20/h2-6,9,12,14,17,20-21,26H,7-8,10-11,13H2,1H3. The molecule has 1 amide bonds. The highest BCUT2D eigenvalue weighted by Gasteiger charge is 2.55. The Balaban J connectivity index is 1.54. The summed E-state index contributed by atoms with van der Waals surface area (Å²) in [4.78, 5) is 22.1. The van der Waals surface area contributed by atoms with Gasteiger partial charge >= 0.3 is 0 Å². The Hall–Kier alpha value is -2.60. The number of fused-ring (bicyclic) bond motifs is 2. The summed E-state index contributed by atoms with van der Waals surface area (Å²) in [6.07, 6.45) is 3.82. The lowest BCUT2D eigenvalue weighted by Crippen LogP contribution is -2.60. The number of benzene rings is 1. The molecule has 1 aromatic carbocycles. The van der Waals surface area contributed by atoms with Crippen molar-refractivity contribution in [1.29, 1.82) is 0 Å². The van der Waals surface area contributed by atoms with E-state index in [4.69, 9.17) is 4.74 Å². The molecule has 4 fully saturated rings. The Morgan fingerprint density at radius 2 is 2.00 bits per heavy atom. The molecule has 6 nitrogen and oxygen atoms in total. The summed E-state index contributed by atoms with van der Waals surface area (Å²) >= 11 is 0. The number of methoxy groups -OCH3 is 1. The molecule has 28 heavy (non-hydrogen) atoms. The van der Waals surface area contributed by atoms with Crippen molar-refractivity contribution in [1.82, 2.24) is 14.8 Å². The van der Waals surface area contributed by atoms with Crippen LogP contribution >= 0.6 is 0 Å². The first-order chi connectivity index (χ1) is 13.7. The molecule has 6 rings (SSSR count). The number of aromatic hydroxyl groups is 1. The van der Waals surface area contributed by atoms with Crippen molar-refractivity contribution < 1.29 is 14.6 Å². The molecule has 4 aliphatic heterocycles. The SMILES string of the molecule is COc1cccc(C2CN(C(=O)c3ncccc3O)C3C4CCN(CC4)C23)c1. The maximum atomic E-state index is 13.4. The van der Waals surface area contributed by atoms with Gasteiger partial charge in [-0.05, 0) is 61.7 Å². The fourth-order valence-electron chi connectivity index (χ4n) is 5.52. The van der Waals surface area contributed by atoms with Crippen LogP contribution in [-0.4, -0.2) is 64.6 Å². The third kappa shape index (κ3) is 2.66. The summed E-state index contributed by atoms with van der Waals surface area (Å²) in [6.45, 7) is 2.84. The lowest BCUT2D eigenvalue weighted by atomic mass is 9.75. The molecule has 1 N–H and O–H groups in total. The van der Waals surface area contributed by atoms with Gasteiger partial charge < -0.3 is 14.7 Å². The molecule has 5 heterocycles. The molecule has 4 aliphatic rings. The predicted molar refractivity (Wildman–Crippen MR) is 105 cm³/mol. The summed E-state index contributed by atoms with van der Waals surface area (Å²) in [5.74, 6) is 1.39. The van der Waals surface area contributed by atoms with Crippen LogP contribution in [0.4, 0.5) is 0 Å². The van der Waals surface area contributed by atoms with Gasteiger partial charge in [-0.25, -0.2) is 4.98 Å². The number of aromatic nitrogens is 1. The van der Waals surface area contributed by atoms with Crippen molar-refractivity contribution in [2.24, 2.45) is 5.92 Å². The van der Waals surface area contributed by atoms with Gasteiger partial charge in [0, 0.05) is 24.7 Å². The molecule has 6 heteroatoms. The minimum Gasteiger partial charge on any atom is -0.505 e. The smallest absolute Gasteiger partial charge is 0.276 e. The Morgan fingerprint density at radius 3 is 2.75 bits per heavy atom. The van der Waals surface area contributed by atoms with Crippen molar-refractivity contribution in [2.45, 2.75) is 30.8 Å². The molecule has 2 bridgehead atoms. The Bertz CT molecular complexity index is 894. The second kappa shape index (κ2) is 6.78. The van der Waals surface area contributed by atoms with E-state index >= 15 is 0 Å². The highest BCUT2D eigenvalue weighted by Crippen LogP contribution is 2.47. The molecule has 0 saturated carbocycles. The highest BCUT2D eigenvalue weighted by atomic mass is 16.5. The van der Waals surface area contributed by atoms with E-state index in [1.165, 1.54) is 11.6 Å². The van der Waals surface area contributed by atoms with E-state index in [0.29, 0.717) is 18.5 Å². The van der Waals surface area contributed by atoms with Gasteiger partial charge in [-0.15, -0.1) is 0 Å². The topological polar surface area (TPSA) is 65.9 Å². The molecule has 0 aliphatic carbocycles. The van der Waals surface area contributed by atoms with Crippen LogP contribution < -0.4 is 4.74 Å². The minimum atomic E-state index is -0.160. The van der Waals surface area contributed by atoms with Gasteiger partial charge in [-0.1, -0.05) is 12.1 Å². The Kier molecular flexibility index (Phi) is 4.23. The zero-order chi connectivity index (χ0) is 19.3. The van der Waals surface area contributed by atoms with E-state index in [0.717, 1.165) is 31.7 Å². The minimum absolute atomic E-state index is 0.0462. The third-order valence-electron chi connectivity index (χ3n) is 6.77. The van der Waals surface area contributed by atoms with Gasteiger partial charge in [0.25, 0.3) is 5.91 Å². The van der Waals surface area contributed by atoms with Crippen LogP contribution in [0.1, 0.15) is 34.8 Å². The monoisotopic (exact) mass is 379 g/mol. The van der Waals surface area contributed by atoms with E-state index in [1.54, 1.807) is 19.4 Å². The number of hydrogen-bond acceptors (Lipinski definition) is 5. The Labute approximate surface area is 164 Å². The van der Waals surface area contributed by atoms with Crippen molar-refractivity contribution in [3.8, 4) is 11.5 Å². The normalized spacial score (nSPS) is 30.9. The zero-order valence-corrected chi connectivity index (χ0v) is 16.0. The molecular formula is C22H25N3O3. The first-order valence-electron chi connectivity index (χ1n) is 10.0. The number of ether oxygens (including phenoxy) is 1. The van der Waals surface area contributed by atoms with Crippen LogP contribution in [0.5, 0.6) is 11.5 Å². The van der Waals surface area contributed by atoms with Crippen molar-refractivity contribution in [2.75, 3.05) is 26.7 Å². The molecule has 3 atom stereocenters. The number of hydrogen-bond donors (Lipinski definition) is 1. The first kappa shape index (κ1) is 17.5. The van der Waals surface area contributed by atoms with E-state index in [1.807, 2.05) is 17.0 Å². The number of carbonyl (C=O) groups excluding carboxylic acids is 1. The second-order valence-electron chi connectivity index (χ2n) is 8.07.